The number of benzene rings is 1. The summed E-state index contributed by atoms with van der Waals surface area (Å²) in [5.74, 6) is 1.05. The molecule has 0 saturated heterocycles. The Kier molecular flexibility index (Phi) is 10.9. The molecule has 0 unspecified atom stereocenters. The van der Waals surface area contributed by atoms with Crippen molar-refractivity contribution in [3.63, 3.8) is 0 Å². The van der Waals surface area contributed by atoms with E-state index in [4.69, 9.17) is 4.74 Å². The summed E-state index contributed by atoms with van der Waals surface area (Å²) in [6, 6.07) is 6.53. The summed E-state index contributed by atoms with van der Waals surface area (Å²) in [5, 5.41) is 6.41. The molecule has 2 N–H and O–H groups in total. The van der Waals surface area contributed by atoms with Gasteiger partial charge in [-0.1, -0.05) is 6.07 Å². The second-order valence-electron chi connectivity index (χ2n) is 6.94. The topological polar surface area (TPSA) is 76.1 Å². The number of aromatic nitrogens is 2. The van der Waals surface area contributed by atoms with Crippen LogP contribution in [0.15, 0.2) is 36.9 Å². The number of ether oxygens (including phenoxy) is 1. The molecule has 6 nitrogen and oxygen atoms in total. The molecule has 1 fully saturated rings. The first-order chi connectivity index (χ1) is 13.2. The lowest BCUT2D eigenvalue weighted by Gasteiger charge is -2.27. The van der Waals surface area contributed by atoms with E-state index in [1.54, 1.807) is 12.4 Å². The maximum atomic E-state index is 12.6. The van der Waals surface area contributed by atoms with Gasteiger partial charge in [-0.3, -0.25) is 4.79 Å². The van der Waals surface area contributed by atoms with E-state index < -0.39 is 0 Å². The van der Waals surface area contributed by atoms with Gasteiger partial charge in [-0.05, 0) is 57.4 Å². The van der Waals surface area contributed by atoms with Gasteiger partial charge in [-0.15, -0.1) is 24.8 Å². The molecule has 0 aliphatic heterocycles. The second kappa shape index (κ2) is 12.6. The minimum absolute atomic E-state index is 0. The lowest BCUT2D eigenvalue weighted by atomic mass is 9.85. The standard InChI is InChI=1S/C21H28N4O2.2ClH/c1-3-27-20-9-6-16(18-11-23-14-24-12-18)10-17(20)13-25-21(26)15-4-7-19(22-2)8-5-15;;/h6,9-12,14-15,19,22H,3-5,7-8,13H2,1-2H3,(H,25,26);2*1H. The summed E-state index contributed by atoms with van der Waals surface area (Å²) in [4.78, 5) is 20.8. The average molecular weight is 441 g/mol. The SMILES string of the molecule is CCOc1ccc(-c2cncnc2)cc1CNC(=O)C1CCC(NC)CC1.Cl.Cl. The minimum Gasteiger partial charge on any atom is -0.494 e. The van der Waals surface area contributed by atoms with Gasteiger partial charge in [0.05, 0.1) is 6.61 Å². The summed E-state index contributed by atoms with van der Waals surface area (Å²) >= 11 is 0. The lowest BCUT2D eigenvalue weighted by molar-refractivity contribution is -0.126. The third-order valence-electron chi connectivity index (χ3n) is 5.21. The Balaban J connectivity index is 0.00000210. The highest BCUT2D eigenvalue weighted by atomic mass is 35.5. The summed E-state index contributed by atoms with van der Waals surface area (Å²) in [6.45, 7) is 3.01. The second-order valence-corrected chi connectivity index (χ2v) is 6.94. The minimum atomic E-state index is 0. The average Bonchev–Trinajstić information content (AvgIpc) is 2.73. The van der Waals surface area contributed by atoms with Crippen molar-refractivity contribution in [1.82, 2.24) is 20.6 Å². The Bertz CT molecular complexity index is 754. The van der Waals surface area contributed by atoms with Gasteiger partial charge in [0.2, 0.25) is 5.91 Å². The molecule has 3 rings (SSSR count). The van der Waals surface area contributed by atoms with E-state index >= 15 is 0 Å². The zero-order valence-electron chi connectivity index (χ0n) is 16.9. The molecular weight excluding hydrogens is 411 g/mol. The molecule has 0 bridgehead atoms. The van der Waals surface area contributed by atoms with Crippen molar-refractivity contribution in [2.45, 2.75) is 45.2 Å². The van der Waals surface area contributed by atoms with Gasteiger partial charge in [-0.25, -0.2) is 9.97 Å². The van der Waals surface area contributed by atoms with Crippen LogP contribution in [0.2, 0.25) is 0 Å². The molecule has 0 atom stereocenters. The quantitative estimate of drug-likeness (QED) is 0.684. The third kappa shape index (κ3) is 6.84. The van der Waals surface area contributed by atoms with Crippen molar-refractivity contribution in [2.24, 2.45) is 5.92 Å². The first kappa shape index (κ1) is 25.1. The third-order valence-corrected chi connectivity index (χ3v) is 5.21. The van der Waals surface area contributed by atoms with E-state index in [0.717, 1.165) is 48.1 Å². The van der Waals surface area contributed by atoms with Gasteiger partial charge >= 0.3 is 0 Å². The predicted molar refractivity (Wildman–Crippen MR) is 120 cm³/mol. The summed E-state index contributed by atoms with van der Waals surface area (Å²) in [5.41, 5.74) is 2.92. The molecule has 1 aliphatic carbocycles. The highest BCUT2D eigenvalue weighted by molar-refractivity contribution is 5.85. The van der Waals surface area contributed by atoms with Crippen molar-refractivity contribution < 1.29 is 9.53 Å². The zero-order chi connectivity index (χ0) is 19.1. The van der Waals surface area contributed by atoms with Crippen LogP contribution in [0, 0.1) is 5.92 Å². The monoisotopic (exact) mass is 440 g/mol. The number of nitrogens with one attached hydrogen (secondary N) is 2. The van der Waals surface area contributed by atoms with Crippen molar-refractivity contribution in [1.29, 1.82) is 0 Å². The zero-order valence-corrected chi connectivity index (χ0v) is 18.5. The summed E-state index contributed by atoms with van der Waals surface area (Å²) in [6.07, 6.45) is 9.08. The van der Waals surface area contributed by atoms with Crippen molar-refractivity contribution in [3.8, 4) is 16.9 Å². The first-order valence-corrected chi connectivity index (χ1v) is 9.67. The fourth-order valence-electron chi connectivity index (χ4n) is 3.61. The number of carbonyl (C=O) groups is 1. The largest absolute Gasteiger partial charge is 0.494 e. The van der Waals surface area contributed by atoms with E-state index in [9.17, 15) is 4.79 Å². The Morgan fingerprint density at radius 3 is 2.41 bits per heavy atom. The Labute approximate surface area is 185 Å². The number of hydrogen-bond acceptors (Lipinski definition) is 5. The van der Waals surface area contributed by atoms with Crippen LogP contribution in [0.5, 0.6) is 5.75 Å². The van der Waals surface area contributed by atoms with Crippen LogP contribution >= 0.6 is 24.8 Å². The van der Waals surface area contributed by atoms with Crippen LogP contribution in [0.1, 0.15) is 38.2 Å². The number of halogens is 2. The first-order valence-electron chi connectivity index (χ1n) is 9.67. The van der Waals surface area contributed by atoms with Gasteiger partial charge in [0.15, 0.2) is 0 Å². The van der Waals surface area contributed by atoms with Crippen LogP contribution in [0.3, 0.4) is 0 Å². The van der Waals surface area contributed by atoms with Crippen molar-refractivity contribution >= 4 is 30.7 Å². The molecule has 0 radical (unpaired) electrons. The molecule has 1 aromatic carbocycles. The molecule has 8 heteroatoms. The van der Waals surface area contributed by atoms with E-state index in [2.05, 4.69) is 20.6 Å². The van der Waals surface area contributed by atoms with E-state index in [1.807, 2.05) is 32.2 Å². The molecule has 160 valence electrons. The molecule has 0 spiro atoms. The van der Waals surface area contributed by atoms with Crippen molar-refractivity contribution in [2.75, 3.05) is 13.7 Å². The fraction of sp³-hybridized carbons (Fsp3) is 0.476. The van der Waals surface area contributed by atoms with E-state index in [1.165, 1.54) is 6.33 Å². The van der Waals surface area contributed by atoms with Crippen LogP contribution in [0.25, 0.3) is 11.1 Å². The normalized spacial score (nSPS) is 18.1. The van der Waals surface area contributed by atoms with E-state index in [0.29, 0.717) is 19.2 Å². The van der Waals surface area contributed by atoms with Gasteiger partial charge in [0.1, 0.15) is 12.1 Å². The maximum absolute atomic E-state index is 12.6. The molecule has 1 amide bonds. The van der Waals surface area contributed by atoms with Crippen LogP contribution < -0.4 is 15.4 Å². The van der Waals surface area contributed by atoms with Crippen molar-refractivity contribution in [3.05, 3.63) is 42.5 Å². The summed E-state index contributed by atoms with van der Waals surface area (Å²) in [7, 11) is 1.99. The van der Waals surface area contributed by atoms with Gasteiger partial charge < -0.3 is 15.4 Å². The predicted octanol–water partition coefficient (Wildman–Crippen LogP) is 3.78. The van der Waals surface area contributed by atoms with Gasteiger partial charge in [0.25, 0.3) is 0 Å². The molecule has 1 aromatic heterocycles. The Hall–Kier alpha value is -1.89. The van der Waals surface area contributed by atoms with Crippen LogP contribution in [0.4, 0.5) is 0 Å². The number of rotatable bonds is 7. The highest BCUT2D eigenvalue weighted by Crippen LogP contribution is 2.27. The fourth-order valence-corrected chi connectivity index (χ4v) is 3.61. The maximum Gasteiger partial charge on any atom is 0.223 e. The number of amides is 1. The molecular formula is C21H30Cl2N4O2. The lowest BCUT2D eigenvalue weighted by Crippen LogP contribution is -2.37. The highest BCUT2D eigenvalue weighted by Gasteiger charge is 2.25. The molecule has 1 saturated carbocycles. The van der Waals surface area contributed by atoms with Crippen LogP contribution in [-0.4, -0.2) is 35.6 Å². The molecule has 1 heterocycles. The van der Waals surface area contributed by atoms with E-state index in [-0.39, 0.29) is 36.6 Å². The smallest absolute Gasteiger partial charge is 0.223 e. The Morgan fingerprint density at radius 1 is 1.10 bits per heavy atom. The molecule has 29 heavy (non-hydrogen) atoms. The molecule has 1 aliphatic rings. The van der Waals surface area contributed by atoms with Gasteiger partial charge in [0, 0.05) is 42.0 Å². The summed E-state index contributed by atoms with van der Waals surface area (Å²) < 4.78 is 5.74. The van der Waals surface area contributed by atoms with Crippen LogP contribution in [-0.2, 0) is 11.3 Å². The number of carbonyl (C=O) groups excluding carboxylic acids is 1. The Morgan fingerprint density at radius 2 is 1.79 bits per heavy atom. The number of nitrogens with zero attached hydrogens (tertiary/aromatic N) is 2. The van der Waals surface area contributed by atoms with Gasteiger partial charge in [-0.2, -0.15) is 0 Å². The number of hydrogen-bond donors (Lipinski definition) is 2. The molecule has 2 aromatic rings.